The third-order valence-corrected chi connectivity index (χ3v) is 6.69. The van der Waals surface area contributed by atoms with Crippen LogP contribution in [0.1, 0.15) is 32.6 Å². The number of benzene rings is 2. The fraction of sp³-hybridized carbons (Fsp3) is 0.344. The lowest BCUT2D eigenvalue weighted by Crippen LogP contribution is -2.15. The molecule has 47 heavy (non-hydrogen) atoms. The second-order valence-electron chi connectivity index (χ2n) is 10.7. The van der Waals surface area contributed by atoms with Crippen molar-refractivity contribution in [1.29, 1.82) is 0 Å². The largest absolute Gasteiger partial charge is 0.486 e. The average Bonchev–Trinajstić information content (AvgIpc) is 4.00. The minimum atomic E-state index is -0.833. The maximum atomic E-state index is 9.00. The van der Waals surface area contributed by atoms with Gasteiger partial charge in [-0.3, -0.25) is 4.79 Å². The maximum absolute atomic E-state index is 9.00. The molecule has 15 heteroatoms. The van der Waals surface area contributed by atoms with E-state index in [1.165, 1.54) is 25.7 Å². The van der Waals surface area contributed by atoms with E-state index in [0.717, 1.165) is 47.2 Å². The molecule has 2 aromatic carbocycles. The van der Waals surface area contributed by atoms with Crippen LogP contribution in [0.4, 0.5) is 29.0 Å². The molecule has 0 atom stereocenters. The van der Waals surface area contributed by atoms with Crippen molar-refractivity contribution in [2.24, 2.45) is 0 Å². The molecule has 4 aliphatic rings. The molecule has 0 spiro atoms. The molecule has 4 heterocycles. The molecule has 2 aromatic heterocycles. The summed E-state index contributed by atoms with van der Waals surface area (Å²) in [5.74, 6) is 4.47. The molecule has 0 amide bonds. The summed E-state index contributed by atoms with van der Waals surface area (Å²) in [5.41, 5.74) is 7.13. The lowest BCUT2D eigenvalue weighted by atomic mass is 10.2. The van der Waals surface area contributed by atoms with Gasteiger partial charge in [-0.2, -0.15) is 4.98 Å². The highest BCUT2D eigenvalue weighted by molar-refractivity contribution is 6.28. The van der Waals surface area contributed by atoms with Crippen LogP contribution < -0.4 is 40.6 Å². The van der Waals surface area contributed by atoms with Crippen molar-refractivity contribution < 1.29 is 28.8 Å². The average molecular weight is 665 g/mol. The smallest absolute Gasteiger partial charge is 0.300 e. The molecular weight excluding hydrogens is 628 g/mol. The van der Waals surface area contributed by atoms with E-state index in [4.69, 9.17) is 46.2 Å². The number of nitrogens with zero attached hydrogens (tertiary/aromatic N) is 4. The van der Waals surface area contributed by atoms with E-state index >= 15 is 0 Å². The number of fused-ring (bicyclic) bond motifs is 2. The van der Waals surface area contributed by atoms with Gasteiger partial charge in [-0.05, 0) is 73.7 Å². The van der Waals surface area contributed by atoms with E-state index in [1.54, 1.807) is 24.5 Å². The zero-order chi connectivity index (χ0) is 33.0. The number of hydrogen-bond acceptors (Lipinski definition) is 13. The highest BCUT2D eigenvalue weighted by Crippen LogP contribution is 2.34. The van der Waals surface area contributed by atoms with Gasteiger partial charge in [0, 0.05) is 54.9 Å². The summed E-state index contributed by atoms with van der Waals surface area (Å²) in [5, 5.41) is 17.5. The monoisotopic (exact) mass is 664 g/mol. The Balaban J connectivity index is 0.000000141. The van der Waals surface area contributed by atoms with Crippen molar-refractivity contribution in [3.63, 3.8) is 0 Å². The SMILES string of the molecule is CC(=O)O.Clc1nccc(NC2CC2)n1.Nc1ccc2c(c1)OCCO2.c1cc(NC2CC2)nc(Nc2ccc3c(c2)OCCO3)n1. The summed E-state index contributed by atoms with van der Waals surface area (Å²) in [6.07, 6.45) is 8.31. The molecule has 2 aliphatic heterocycles. The summed E-state index contributed by atoms with van der Waals surface area (Å²) in [6.45, 7) is 3.49. The van der Waals surface area contributed by atoms with Crippen LogP contribution in [0.3, 0.4) is 0 Å². The van der Waals surface area contributed by atoms with Gasteiger partial charge >= 0.3 is 0 Å². The Labute approximate surface area is 277 Å². The Morgan fingerprint density at radius 2 is 1.28 bits per heavy atom. The predicted molar refractivity (Wildman–Crippen MR) is 178 cm³/mol. The van der Waals surface area contributed by atoms with Gasteiger partial charge < -0.3 is 45.7 Å². The Kier molecular flexibility index (Phi) is 11.5. The number of nitrogens with one attached hydrogen (secondary N) is 3. The van der Waals surface area contributed by atoms with E-state index in [0.29, 0.717) is 55.4 Å². The van der Waals surface area contributed by atoms with Crippen LogP contribution in [-0.4, -0.2) is 69.5 Å². The first-order chi connectivity index (χ1) is 22.8. The fourth-order valence-electron chi connectivity index (χ4n) is 4.10. The number of carboxylic acids is 1. The Bertz CT molecular complexity index is 1640. The van der Waals surface area contributed by atoms with Gasteiger partial charge in [-0.15, -0.1) is 0 Å². The van der Waals surface area contributed by atoms with Crippen LogP contribution in [0.15, 0.2) is 60.9 Å². The minimum absolute atomic E-state index is 0.302. The van der Waals surface area contributed by atoms with Gasteiger partial charge in [0.15, 0.2) is 23.0 Å². The van der Waals surface area contributed by atoms with E-state index in [2.05, 4.69) is 35.9 Å². The first kappa shape index (κ1) is 33.1. The zero-order valence-corrected chi connectivity index (χ0v) is 26.6. The highest BCUT2D eigenvalue weighted by atomic mass is 35.5. The molecule has 0 saturated heterocycles. The first-order valence-corrected chi connectivity index (χ1v) is 15.5. The van der Waals surface area contributed by atoms with Crippen molar-refractivity contribution >= 4 is 46.5 Å². The highest BCUT2D eigenvalue weighted by Gasteiger charge is 2.22. The van der Waals surface area contributed by atoms with Gasteiger partial charge in [0.1, 0.15) is 38.1 Å². The van der Waals surface area contributed by atoms with Crippen molar-refractivity contribution in [2.45, 2.75) is 44.7 Å². The topological polar surface area (TPSA) is 188 Å². The molecule has 0 radical (unpaired) electrons. The second kappa shape index (κ2) is 16.4. The molecule has 2 saturated carbocycles. The molecule has 0 unspecified atom stereocenters. The van der Waals surface area contributed by atoms with Crippen LogP contribution >= 0.6 is 11.6 Å². The lowest BCUT2D eigenvalue weighted by Gasteiger charge is -2.19. The second-order valence-corrected chi connectivity index (χ2v) is 11.1. The van der Waals surface area contributed by atoms with Crippen LogP contribution in [0.2, 0.25) is 5.28 Å². The number of rotatable bonds is 6. The number of anilines is 5. The predicted octanol–water partition coefficient (Wildman–Crippen LogP) is 5.40. The number of aromatic nitrogens is 4. The Hall–Kier alpha value is -5.24. The fourth-order valence-corrected chi connectivity index (χ4v) is 4.25. The molecule has 2 aliphatic carbocycles. The summed E-state index contributed by atoms with van der Waals surface area (Å²) in [7, 11) is 0. The number of nitrogens with two attached hydrogens (primary N) is 1. The summed E-state index contributed by atoms with van der Waals surface area (Å²) >= 11 is 5.59. The standard InChI is InChI=1S/C15H16N4O2.C8H9NO2.C7H8ClN3.C2H4O2/c1-2-10(1)17-14-5-6-16-15(19-14)18-11-3-4-12-13(9-11)21-8-7-20-12;9-6-1-2-7-8(5-6)11-4-3-10-7;8-7-9-4-3-6(11-7)10-5-1-2-5;1-2(3)4/h3-6,9-10H,1-2,7-8H2,(H2,16,17,18,19);1-2,5H,3-4,9H2;3-5H,1-2H2,(H,9,10,11);1H3,(H,3,4). The van der Waals surface area contributed by atoms with Gasteiger partial charge in [-0.25, -0.2) is 15.0 Å². The van der Waals surface area contributed by atoms with Gasteiger partial charge in [0.05, 0.1) is 0 Å². The Morgan fingerprint density at radius 3 is 1.85 bits per heavy atom. The molecule has 6 N–H and O–H groups in total. The molecular formula is C32H37ClN8O6. The van der Waals surface area contributed by atoms with Gasteiger partial charge in [0.25, 0.3) is 5.97 Å². The molecule has 0 bridgehead atoms. The van der Waals surface area contributed by atoms with Gasteiger partial charge in [-0.1, -0.05) is 0 Å². The van der Waals surface area contributed by atoms with E-state index in [1.807, 2.05) is 36.4 Å². The van der Waals surface area contributed by atoms with E-state index in [9.17, 15) is 0 Å². The van der Waals surface area contributed by atoms with E-state index in [-0.39, 0.29) is 0 Å². The summed E-state index contributed by atoms with van der Waals surface area (Å²) < 4.78 is 21.7. The lowest BCUT2D eigenvalue weighted by molar-refractivity contribution is -0.134. The summed E-state index contributed by atoms with van der Waals surface area (Å²) in [6, 6.07) is 16.0. The minimum Gasteiger partial charge on any atom is -0.486 e. The maximum Gasteiger partial charge on any atom is 0.300 e. The molecule has 14 nitrogen and oxygen atoms in total. The van der Waals surface area contributed by atoms with Crippen molar-refractivity contribution in [1.82, 2.24) is 19.9 Å². The van der Waals surface area contributed by atoms with Crippen molar-refractivity contribution in [3.8, 4) is 23.0 Å². The molecule has 8 rings (SSSR count). The normalized spacial score (nSPS) is 15.1. The third kappa shape index (κ3) is 11.6. The number of hydrogen-bond donors (Lipinski definition) is 5. The quantitative estimate of drug-likeness (QED) is 0.130. The number of aliphatic carboxylic acids is 1. The Morgan fingerprint density at radius 1 is 0.766 bits per heavy atom. The van der Waals surface area contributed by atoms with Crippen LogP contribution in [0.5, 0.6) is 23.0 Å². The molecule has 4 aromatic rings. The van der Waals surface area contributed by atoms with Crippen LogP contribution in [-0.2, 0) is 4.79 Å². The number of nitrogen functional groups attached to an aromatic ring is 1. The number of carboxylic acid groups (broad SMARTS) is 1. The van der Waals surface area contributed by atoms with Crippen LogP contribution in [0, 0.1) is 0 Å². The van der Waals surface area contributed by atoms with Gasteiger partial charge in [0.2, 0.25) is 11.2 Å². The van der Waals surface area contributed by atoms with Crippen molar-refractivity contribution in [2.75, 3.05) is 48.1 Å². The van der Waals surface area contributed by atoms with Crippen molar-refractivity contribution in [3.05, 3.63) is 66.2 Å². The van der Waals surface area contributed by atoms with E-state index < -0.39 is 5.97 Å². The summed E-state index contributed by atoms with van der Waals surface area (Å²) in [4.78, 5) is 25.5. The van der Waals surface area contributed by atoms with Crippen LogP contribution in [0.25, 0.3) is 0 Å². The number of ether oxygens (including phenoxy) is 4. The first-order valence-electron chi connectivity index (χ1n) is 15.2. The third-order valence-electron chi connectivity index (χ3n) is 6.51. The zero-order valence-electron chi connectivity index (χ0n) is 25.8. The number of carbonyl (C=O) groups is 1. The molecule has 2 fully saturated rings. The molecule has 248 valence electrons. The number of halogens is 1.